The molecule has 0 bridgehead atoms. The van der Waals surface area contributed by atoms with E-state index in [2.05, 4.69) is 10.6 Å². The number of aliphatic carboxylic acids is 1. The van der Waals surface area contributed by atoms with Crippen LogP contribution in [0.3, 0.4) is 0 Å². The van der Waals surface area contributed by atoms with Gasteiger partial charge in [-0.15, -0.1) is 0 Å². The Bertz CT molecular complexity index is 340. The monoisotopic (exact) mass is 258 g/mol. The first-order valence-electron chi connectivity index (χ1n) is 5.97. The molecule has 102 valence electrons. The van der Waals surface area contributed by atoms with Crippen LogP contribution in [0.2, 0.25) is 0 Å². The summed E-state index contributed by atoms with van der Waals surface area (Å²) in [5.74, 6) is -1.69. The highest BCUT2D eigenvalue weighted by Gasteiger charge is 2.46. The van der Waals surface area contributed by atoms with Gasteiger partial charge in [0.2, 0.25) is 5.91 Å². The molecular weight excluding hydrogens is 240 g/mol. The van der Waals surface area contributed by atoms with Crippen molar-refractivity contribution < 1.29 is 24.2 Å². The Morgan fingerprint density at radius 2 is 2.11 bits per heavy atom. The third-order valence-corrected chi connectivity index (χ3v) is 3.58. The maximum Gasteiger partial charge on any atom is 0.331 e. The zero-order valence-electron chi connectivity index (χ0n) is 10.3. The van der Waals surface area contributed by atoms with E-state index in [0.29, 0.717) is 26.2 Å². The van der Waals surface area contributed by atoms with E-state index in [0.717, 1.165) is 0 Å². The number of nitrogens with one attached hydrogen (secondary N) is 2. The Kier molecular flexibility index (Phi) is 3.84. The molecule has 2 saturated heterocycles. The topological polar surface area (TPSA) is 96.9 Å². The van der Waals surface area contributed by atoms with Gasteiger partial charge in [0.15, 0.2) is 5.54 Å². The van der Waals surface area contributed by atoms with Crippen LogP contribution in [0.4, 0.5) is 0 Å². The lowest BCUT2D eigenvalue weighted by Gasteiger charge is -2.26. The van der Waals surface area contributed by atoms with Gasteiger partial charge in [0.1, 0.15) is 0 Å². The smallest absolute Gasteiger partial charge is 0.331 e. The second-order valence-electron chi connectivity index (χ2n) is 4.72. The van der Waals surface area contributed by atoms with Gasteiger partial charge in [-0.2, -0.15) is 0 Å². The number of ether oxygens (including phenoxy) is 2. The van der Waals surface area contributed by atoms with Crippen LogP contribution < -0.4 is 10.6 Å². The fourth-order valence-corrected chi connectivity index (χ4v) is 2.31. The van der Waals surface area contributed by atoms with Crippen molar-refractivity contribution in [3.05, 3.63) is 0 Å². The number of likely N-dealkylation sites (N-methyl/N-ethyl adjacent to an activating group) is 1. The van der Waals surface area contributed by atoms with Crippen molar-refractivity contribution in [2.24, 2.45) is 5.92 Å². The van der Waals surface area contributed by atoms with Crippen LogP contribution in [0.5, 0.6) is 0 Å². The van der Waals surface area contributed by atoms with Gasteiger partial charge in [-0.1, -0.05) is 0 Å². The molecule has 0 aromatic carbocycles. The molecular formula is C11H18N2O5. The summed E-state index contributed by atoms with van der Waals surface area (Å²) in [6, 6.07) is -0.0711. The fraction of sp³-hybridized carbons (Fsp3) is 0.818. The van der Waals surface area contributed by atoms with Crippen molar-refractivity contribution in [1.29, 1.82) is 0 Å². The lowest BCUT2D eigenvalue weighted by atomic mass is 9.95. The van der Waals surface area contributed by atoms with Crippen LogP contribution >= 0.6 is 0 Å². The van der Waals surface area contributed by atoms with Gasteiger partial charge in [-0.05, 0) is 7.05 Å². The standard InChI is InChI=1S/C11H18N2O5/c1-12-8-5-18-4-7(8)9(14)13-11(10(15)16)2-3-17-6-11/h7-8,12H,2-6H2,1H3,(H,13,14)(H,15,16). The number of hydrogen-bond donors (Lipinski definition) is 3. The molecule has 0 spiro atoms. The fourth-order valence-electron chi connectivity index (χ4n) is 2.31. The molecule has 2 heterocycles. The minimum atomic E-state index is -1.28. The lowest BCUT2D eigenvalue weighted by Crippen LogP contribution is -2.58. The van der Waals surface area contributed by atoms with Gasteiger partial charge in [0, 0.05) is 19.1 Å². The number of amides is 1. The van der Waals surface area contributed by atoms with E-state index in [4.69, 9.17) is 9.47 Å². The zero-order valence-corrected chi connectivity index (χ0v) is 10.3. The highest BCUT2D eigenvalue weighted by Crippen LogP contribution is 2.21. The maximum atomic E-state index is 12.1. The van der Waals surface area contributed by atoms with E-state index in [1.54, 1.807) is 7.05 Å². The summed E-state index contributed by atoms with van der Waals surface area (Å²) in [6.45, 7) is 1.15. The summed E-state index contributed by atoms with van der Waals surface area (Å²) in [6.07, 6.45) is 0.297. The second kappa shape index (κ2) is 5.21. The Morgan fingerprint density at radius 3 is 2.67 bits per heavy atom. The molecule has 0 radical (unpaired) electrons. The Balaban J connectivity index is 2.03. The molecule has 0 saturated carbocycles. The largest absolute Gasteiger partial charge is 0.479 e. The molecule has 2 rings (SSSR count). The molecule has 18 heavy (non-hydrogen) atoms. The first-order chi connectivity index (χ1) is 8.59. The van der Waals surface area contributed by atoms with E-state index in [1.807, 2.05) is 0 Å². The minimum absolute atomic E-state index is 0.0197. The van der Waals surface area contributed by atoms with Crippen molar-refractivity contribution in [3.8, 4) is 0 Å². The van der Waals surface area contributed by atoms with E-state index in [9.17, 15) is 14.7 Å². The predicted octanol–water partition coefficient (Wildman–Crippen LogP) is -1.42. The van der Waals surface area contributed by atoms with Crippen molar-refractivity contribution >= 4 is 11.9 Å². The molecule has 2 fully saturated rings. The van der Waals surface area contributed by atoms with Crippen LogP contribution in [0, 0.1) is 5.92 Å². The van der Waals surface area contributed by atoms with E-state index >= 15 is 0 Å². The van der Waals surface area contributed by atoms with E-state index in [1.165, 1.54) is 0 Å². The average molecular weight is 258 g/mol. The molecule has 0 aromatic heterocycles. The van der Waals surface area contributed by atoms with Gasteiger partial charge in [0.05, 0.1) is 25.7 Å². The summed E-state index contributed by atoms with van der Waals surface area (Å²) in [4.78, 5) is 23.4. The molecule has 0 aromatic rings. The maximum absolute atomic E-state index is 12.1. The highest BCUT2D eigenvalue weighted by molar-refractivity contribution is 5.89. The first-order valence-corrected chi connectivity index (χ1v) is 5.97. The molecule has 3 atom stereocenters. The molecule has 2 aliphatic rings. The van der Waals surface area contributed by atoms with Gasteiger partial charge >= 0.3 is 5.97 Å². The number of carboxylic acid groups (broad SMARTS) is 1. The second-order valence-corrected chi connectivity index (χ2v) is 4.72. The molecule has 7 heteroatoms. The quantitative estimate of drug-likeness (QED) is 0.572. The Labute approximate surface area is 105 Å². The van der Waals surface area contributed by atoms with Crippen molar-refractivity contribution in [3.63, 3.8) is 0 Å². The van der Waals surface area contributed by atoms with Crippen LogP contribution in [-0.4, -0.2) is 62.0 Å². The third-order valence-electron chi connectivity index (χ3n) is 3.58. The summed E-state index contributed by atoms with van der Waals surface area (Å²) in [5, 5.41) is 14.8. The van der Waals surface area contributed by atoms with Crippen molar-refractivity contribution in [1.82, 2.24) is 10.6 Å². The van der Waals surface area contributed by atoms with Crippen molar-refractivity contribution in [2.45, 2.75) is 18.0 Å². The number of carboxylic acids is 1. The molecule has 7 nitrogen and oxygen atoms in total. The Morgan fingerprint density at radius 1 is 1.33 bits per heavy atom. The van der Waals surface area contributed by atoms with Crippen LogP contribution in [0.25, 0.3) is 0 Å². The average Bonchev–Trinajstić information content (AvgIpc) is 2.97. The van der Waals surface area contributed by atoms with Gasteiger partial charge in [-0.25, -0.2) is 4.79 Å². The van der Waals surface area contributed by atoms with E-state index < -0.39 is 11.5 Å². The summed E-state index contributed by atoms with van der Waals surface area (Å²) >= 11 is 0. The predicted molar refractivity (Wildman–Crippen MR) is 61.1 cm³/mol. The van der Waals surface area contributed by atoms with E-state index in [-0.39, 0.29) is 24.5 Å². The van der Waals surface area contributed by atoms with Gasteiger partial charge in [-0.3, -0.25) is 4.79 Å². The number of rotatable bonds is 4. The van der Waals surface area contributed by atoms with Crippen LogP contribution in [0.1, 0.15) is 6.42 Å². The summed E-state index contributed by atoms with van der Waals surface area (Å²) in [7, 11) is 1.76. The molecule has 3 N–H and O–H groups in total. The summed E-state index contributed by atoms with van der Waals surface area (Å²) < 4.78 is 10.3. The number of carbonyl (C=O) groups excluding carboxylic acids is 1. The SMILES string of the molecule is CNC1COCC1C(=O)NC1(C(=O)O)CCOC1. The molecule has 1 amide bonds. The number of hydrogen-bond acceptors (Lipinski definition) is 5. The summed E-state index contributed by atoms with van der Waals surface area (Å²) in [5.41, 5.74) is -1.28. The number of carbonyl (C=O) groups is 2. The van der Waals surface area contributed by atoms with Crippen LogP contribution in [-0.2, 0) is 19.1 Å². The Hall–Kier alpha value is -1.18. The third kappa shape index (κ3) is 2.33. The van der Waals surface area contributed by atoms with Gasteiger partial charge in [0.25, 0.3) is 0 Å². The van der Waals surface area contributed by atoms with Crippen molar-refractivity contribution in [2.75, 3.05) is 33.5 Å². The first kappa shape index (κ1) is 13.3. The lowest BCUT2D eigenvalue weighted by molar-refractivity contribution is -0.148. The molecule has 0 aliphatic carbocycles. The molecule has 3 unspecified atom stereocenters. The molecule has 2 aliphatic heterocycles. The van der Waals surface area contributed by atoms with Crippen LogP contribution in [0.15, 0.2) is 0 Å². The van der Waals surface area contributed by atoms with Gasteiger partial charge < -0.3 is 25.2 Å². The zero-order chi connectivity index (χ0) is 13.2. The highest BCUT2D eigenvalue weighted by atomic mass is 16.5. The normalized spacial score (nSPS) is 35.6. The minimum Gasteiger partial charge on any atom is -0.479 e.